The van der Waals surface area contributed by atoms with E-state index in [0.29, 0.717) is 6.04 Å². The number of rotatable bonds is 3. The molecule has 0 aliphatic carbocycles. The van der Waals surface area contributed by atoms with Gasteiger partial charge in [0, 0.05) is 31.1 Å². The molecule has 1 aromatic heterocycles. The van der Waals surface area contributed by atoms with Crippen molar-refractivity contribution >= 4 is 52.1 Å². The van der Waals surface area contributed by atoms with Crippen LogP contribution in [0.3, 0.4) is 0 Å². The summed E-state index contributed by atoms with van der Waals surface area (Å²) in [5, 5.41) is 3.37. The number of nitrogens with zero attached hydrogens (tertiary/aromatic N) is 1. The van der Waals surface area contributed by atoms with Gasteiger partial charge in [-0.25, -0.2) is 0 Å². The molecule has 1 saturated heterocycles. The van der Waals surface area contributed by atoms with Crippen LogP contribution in [-0.4, -0.2) is 31.1 Å². The lowest BCUT2D eigenvalue weighted by Gasteiger charge is -2.32. The predicted octanol–water partition coefficient (Wildman–Crippen LogP) is 3.49. The van der Waals surface area contributed by atoms with Crippen LogP contribution in [0.4, 0.5) is 0 Å². The quantitative estimate of drug-likeness (QED) is 0.831. The van der Waals surface area contributed by atoms with Gasteiger partial charge in [0.05, 0.1) is 9.83 Å². The van der Waals surface area contributed by atoms with Gasteiger partial charge in [-0.15, -0.1) is 42.7 Å². The van der Waals surface area contributed by atoms with Gasteiger partial charge in [-0.05, 0) is 28.1 Å². The minimum Gasteiger partial charge on any atom is -0.314 e. The van der Waals surface area contributed by atoms with Crippen LogP contribution in [0.2, 0.25) is 0 Å². The summed E-state index contributed by atoms with van der Waals surface area (Å²) >= 11 is 5.30. The molecule has 1 aromatic rings. The molecule has 0 spiro atoms. The summed E-state index contributed by atoms with van der Waals surface area (Å²) in [6.45, 7) is 8.32. The summed E-state index contributed by atoms with van der Waals surface area (Å²) in [5.74, 6) is 0. The van der Waals surface area contributed by atoms with Gasteiger partial charge >= 0.3 is 0 Å². The van der Waals surface area contributed by atoms with E-state index in [9.17, 15) is 0 Å². The molecular formula is C11H17BrCl2N2S. The van der Waals surface area contributed by atoms with Crippen LogP contribution in [0.25, 0.3) is 0 Å². The smallest absolute Gasteiger partial charge is 0.0702 e. The molecule has 6 heteroatoms. The number of piperazine rings is 1. The second kappa shape index (κ2) is 8.51. The molecule has 1 fully saturated rings. The van der Waals surface area contributed by atoms with Crippen molar-refractivity contribution in [2.75, 3.05) is 26.2 Å². The number of halogens is 3. The molecular weight excluding hydrogens is 343 g/mol. The first-order valence-electron chi connectivity index (χ1n) is 5.14. The molecule has 2 nitrogen and oxygen atoms in total. The average Bonchev–Trinajstić information content (AvgIpc) is 2.68. The third kappa shape index (κ3) is 4.54. The van der Waals surface area contributed by atoms with E-state index in [4.69, 9.17) is 0 Å². The fourth-order valence-corrected chi connectivity index (χ4v) is 3.45. The Hall–Kier alpha value is 0.420. The van der Waals surface area contributed by atoms with E-state index in [1.54, 1.807) is 11.3 Å². The van der Waals surface area contributed by atoms with Crippen LogP contribution < -0.4 is 5.32 Å². The third-order valence-electron chi connectivity index (χ3n) is 2.65. The third-order valence-corrected chi connectivity index (χ3v) is 4.35. The van der Waals surface area contributed by atoms with Crippen LogP contribution in [0, 0.1) is 0 Å². The van der Waals surface area contributed by atoms with Gasteiger partial charge in [0.1, 0.15) is 0 Å². The van der Waals surface area contributed by atoms with Crippen molar-refractivity contribution < 1.29 is 0 Å². The Morgan fingerprint density at radius 3 is 2.47 bits per heavy atom. The first-order chi connectivity index (χ1) is 7.31. The molecule has 1 aliphatic rings. The summed E-state index contributed by atoms with van der Waals surface area (Å²) in [6.07, 6.45) is 2.05. The van der Waals surface area contributed by atoms with Crippen LogP contribution in [0.5, 0.6) is 0 Å². The highest BCUT2D eigenvalue weighted by Gasteiger charge is 2.20. The second-order valence-corrected chi connectivity index (χ2v) is 6.10. The molecule has 98 valence electrons. The molecule has 0 unspecified atom stereocenters. The van der Waals surface area contributed by atoms with Crippen molar-refractivity contribution in [1.29, 1.82) is 0 Å². The lowest BCUT2D eigenvalue weighted by molar-refractivity contribution is 0.206. The molecule has 0 radical (unpaired) electrons. The number of hydrogen-bond acceptors (Lipinski definition) is 3. The maximum atomic E-state index is 3.95. The van der Waals surface area contributed by atoms with Crippen molar-refractivity contribution in [2.24, 2.45) is 0 Å². The molecule has 2 heterocycles. The fraction of sp³-hybridized carbons (Fsp3) is 0.455. The number of nitrogens with one attached hydrogen (secondary N) is 1. The van der Waals surface area contributed by atoms with Crippen LogP contribution >= 0.6 is 52.1 Å². The zero-order valence-corrected chi connectivity index (χ0v) is 13.4. The van der Waals surface area contributed by atoms with Gasteiger partial charge in [0.2, 0.25) is 0 Å². The van der Waals surface area contributed by atoms with Gasteiger partial charge in [0.25, 0.3) is 0 Å². The minimum atomic E-state index is 0. The molecule has 0 aromatic carbocycles. The summed E-state index contributed by atoms with van der Waals surface area (Å²) < 4.78 is 1.19. The van der Waals surface area contributed by atoms with E-state index < -0.39 is 0 Å². The number of thiophene rings is 1. The van der Waals surface area contributed by atoms with E-state index in [1.807, 2.05) is 6.08 Å². The highest BCUT2D eigenvalue weighted by Crippen LogP contribution is 2.31. The molecule has 1 N–H and O–H groups in total. The Morgan fingerprint density at radius 2 is 2.00 bits per heavy atom. The summed E-state index contributed by atoms with van der Waals surface area (Å²) in [6, 6.07) is 4.67. The Balaban J connectivity index is 0.00000128. The van der Waals surface area contributed by atoms with E-state index in [2.05, 4.69) is 44.9 Å². The Morgan fingerprint density at radius 1 is 1.35 bits per heavy atom. The van der Waals surface area contributed by atoms with Gasteiger partial charge in [0.15, 0.2) is 0 Å². The topological polar surface area (TPSA) is 15.3 Å². The minimum absolute atomic E-state index is 0. The standard InChI is InChI=1S/C11H15BrN2S.2ClH/c1-2-9(10-3-4-11(12)15-10)14-7-5-13-6-8-14;;/h2-4,9,13H,1,5-8H2;2*1H/t9-;;/m0../s1. The van der Waals surface area contributed by atoms with Crippen molar-refractivity contribution in [3.8, 4) is 0 Å². The van der Waals surface area contributed by atoms with Gasteiger partial charge in [-0.1, -0.05) is 6.08 Å². The highest BCUT2D eigenvalue weighted by atomic mass is 79.9. The molecule has 0 amide bonds. The average molecular weight is 360 g/mol. The molecule has 17 heavy (non-hydrogen) atoms. The predicted molar refractivity (Wildman–Crippen MR) is 83.9 cm³/mol. The van der Waals surface area contributed by atoms with E-state index in [1.165, 1.54) is 8.66 Å². The molecule has 0 bridgehead atoms. The second-order valence-electron chi connectivity index (χ2n) is 3.61. The van der Waals surface area contributed by atoms with Crippen LogP contribution in [-0.2, 0) is 0 Å². The normalized spacial score (nSPS) is 17.7. The summed E-state index contributed by atoms with van der Waals surface area (Å²) in [4.78, 5) is 3.85. The Bertz CT molecular complexity index is 340. The Labute approximate surface area is 127 Å². The Kier molecular flexibility index (Phi) is 8.72. The molecule has 0 saturated carbocycles. The van der Waals surface area contributed by atoms with E-state index in [-0.39, 0.29) is 24.8 Å². The van der Waals surface area contributed by atoms with Crippen LogP contribution in [0.15, 0.2) is 28.6 Å². The largest absolute Gasteiger partial charge is 0.314 e. The molecule has 2 rings (SSSR count). The summed E-state index contributed by atoms with van der Waals surface area (Å²) in [5.41, 5.74) is 0. The first-order valence-corrected chi connectivity index (χ1v) is 6.75. The zero-order chi connectivity index (χ0) is 10.7. The molecule has 1 aliphatic heterocycles. The van der Waals surface area contributed by atoms with Crippen molar-refractivity contribution in [2.45, 2.75) is 6.04 Å². The van der Waals surface area contributed by atoms with Crippen molar-refractivity contribution in [1.82, 2.24) is 10.2 Å². The first kappa shape index (κ1) is 17.4. The summed E-state index contributed by atoms with van der Waals surface area (Å²) in [7, 11) is 0. The van der Waals surface area contributed by atoms with Gasteiger partial charge < -0.3 is 5.32 Å². The maximum Gasteiger partial charge on any atom is 0.0702 e. The van der Waals surface area contributed by atoms with Crippen molar-refractivity contribution in [3.63, 3.8) is 0 Å². The highest BCUT2D eigenvalue weighted by molar-refractivity contribution is 9.11. The zero-order valence-electron chi connectivity index (χ0n) is 9.39. The van der Waals surface area contributed by atoms with Gasteiger partial charge in [-0.2, -0.15) is 0 Å². The monoisotopic (exact) mass is 358 g/mol. The number of hydrogen-bond donors (Lipinski definition) is 1. The lowest BCUT2D eigenvalue weighted by atomic mass is 10.2. The van der Waals surface area contributed by atoms with Crippen molar-refractivity contribution in [3.05, 3.63) is 33.5 Å². The fourth-order valence-electron chi connectivity index (χ4n) is 1.89. The van der Waals surface area contributed by atoms with E-state index in [0.717, 1.165) is 26.2 Å². The lowest BCUT2D eigenvalue weighted by Crippen LogP contribution is -2.44. The SMILES string of the molecule is C=C[C@@H](c1ccc(Br)s1)N1CCNCC1.Cl.Cl. The molecule has 1 atom stereocenters. The maximum absolute atomic E-state index is 3.95. The van der Waals surface area contributed by atoms with Crippen LogP contribution in [0.1, 0.15) is 10.9 Å². The van der Waals surface area contributed by atoms with E-state index >= 15 is 0 Å². The van der Waals surface area contributed by atoms with Gasteiger partial charge in [-0.3, -0.25) is 4.90 Å².